The average molecular weight is 211 g/mol. The van der Waals surface area contributed by atoms with Crippen molar-refractivity contribution >= 4 is 5.97 Å². The molecule has 0 aromatic heterocycles. The van der Waals surface area contributed by atoms with Crippen LogP contribution in [-0.2, 0) is 9.53 Å². The van der Waals surface area contributed by atoms with Crippen LogP contribution in [0.4, 0.5) is 0 Å². The van der Waals surface area contributed by atoms with Crippen molar-refractivity contribution in [1.82, 2.24) is 5.32 Å². The topological polar surface area (TPSA) is 38.3 Å². The van der Waals surface area contributed by atoms with Crippen LogP contribution in [0.25, 0.3) is 0 Å². The summed E-state index contributed by atoms with van der Waals surface area (Å²) in [6.45, 7) is 2.87. The number of hydrogen-bond acceptors (Lipinski definition) is 3. The summed E-state index contributed by atoms with van der Waals surface area (Å²) in [5.41, 5.74) is 0. The third-order valence-electron chi connectivity index (χ3n) is 3.80. The molecule has 15 heavy (non-hydrogen) atoms. The molecular formula is C12H21NO2. The number of nitrogens with one attached hydrogen (secondary N) is 1. The predicted molar refractivity (Wildman–Crippen MR) is 58.5 cm³/mol. The standard InChI is InChI=1S/C12H21NO2/c1-2-9-3-5-10(6-4-9)13-11-7-8-15-12(11)14/h9-11,13H,2-8H2,1H3. The van der Waals surface area contributed by atoms with Gasteiger partial charge in [0, 0.05) is 12.5 Å². The Kier molecular flexibility index (Phi) is 3.62. The number of hydrogen-bond donors (Lipinski definition) is 1. The fourth-order valence-corrected chi connectivity index (χ4v) is 2.67. The smallest absolute Gasteiger partial charge is 0.323 e. The fraction of sp³-hybridized carbons (Fsp3) is 0.917. The molecule has 2 aliphatic rings. The third kappa shape index (κ3) is 2.71. The Hall–Kier alpha value is -0.570. The van der Waals surface area contributed by atoms with E-state index >= 15 is 0 Å². The van der Waals surface area contributed by atoms with Gasteiger partial charge in [0.25, 0.3) is 0 Å². The maximum atomic E-state index is 11.3. The predicted octanol–water partition coefficient (Wildman–Crippen LogP) is 1.86. The first-order valence-corrected chi connectivity index (χ1v) is 6.22. The summed E-state index contributed by atoms with van der Waals surface area (Å²) in [5, 5.41) is 3.44. The van der Waals surface area contributed by atoms with E-state index in [4.69, 9.17) is 4.74 Å². The van der Waals surface area contributed by atoms with Crippen molar-refractivity contribution in [2.75, 3.05) is 6.61 Å². The first kappa shape index (κ1) is 10.9. The molecule has 2 rings (SSSR count). The van der Waals surface area contributed by atoms with Gasteiger partial charge in [0.1, 0.15) is 6.04 Å². The van der Waals surface area contributed by atoms with Gasteiger partial charge in [0.05, 0.1) is 6.61 Å². The minimum absolute atomic E-state index is 0.0202. The molecule has 3 nitrogen and oxygen atoms in total. The van der Waals surface area contributed by atoms with Gasteiger partial charge in [-0.2, -0.15) is 0 Å². The second-order valence-corrected chi connectivity index (χ2v) is 4.80. The van der Waals surface area contributed by atoms with Crippen LogP contribution in [0.2, 0.25) is 0 Å². The quantitative estimate of drug-likeness (QED) is 0.724. The summed E-state index contributed by atoms with van der Waals surface area (Å²) in [5.74, 6) is 0.867. The molecule has 2 fully saturated rings. The number of carbonyl (C=O) groups is 1. The molecule has 0 aromatic rings. The summed E-state index contributed by atoms with van der Waals surface area (Å²) in [6.07, 6.45) is 7.24. The maximum Gasteiger partial charge on any atom is 0.323 e. The Balaban J connectivity index is 1.74. The van der Waals surface area contributed by atoms with Gasteiger partial charge in [-0.1, -0.05) is 13.3 Å². The Morgan fingerprint density at radius 3 is 2.53 bits per heavy atom. The molecule has 1 saturated heterocycles. The molecule has 3 heteroatoms. The van der Waals surface area contributed by atoms with Gasteiger partial charge in [-0.05, 0) is 31.6 Å². The second-order valence-electron chi connectivity index (χ2n) is 4.80. The van der Waals surface area contributed by atoms with E-state index in [1.165, 1.54) is 32.1 Å². The van der Waals surface area contributed by atoms with Crippen molar-refractivity contribution in [1.29, 1.82) is 0 Å². The number of cyclic esters (lactones) is 1. The van der Waals surface area contributed by atoms with Crippen LogP contribution in [0.3, 0.4) is 0 Å². The minimum Gasteiger partial charge on any atom is -0.464 e. The lowest BCUT2D eigenvalue weighted by Gasteiger charge is -2.29. The van der Waals surface area contributed by atoms with Crippen LogP contribution in [-0.4, -0.2) is 24.7 Å². The highest BCUT2D eigenvalue weighted by molar-refractivity contribution is 5.77. The fourth-order valence-electron chi connectivity index (χ4n) is 2.67. The van der Waals surface area contributed by atoms with Crippen LogP contribution in [0.5, 0.6) is 0 Å². The van der Waals surface area contributed by atoms with E-state index in [-0.39, 0.29) is 12.0 Å². The van der Waals surface area contributed by atoms with Gasteiger partial charge in [0.15, 0.2) is 0 Å². The van der Waals surface area contributed by atoms with Crippen molar-refractivity contribution in [2.24, 2.45) is 5.92 Å². The zero-order chi connectivity index (χ0) is 10.7. The lowest BCUT2D eigenvalue weighted by atomic mass is 9.84. The van der Waals surface area contributed by atoms with Crippen LogP contribution < -0.4 is 5.32 Å². The van der Waals surface area contributed by atoms with Gasteiger partial charge in [-0.3, -0.25) is 4.79 Å². The minimum atomic E-state index is -0.0485. The molecule has 1 atom stereocenters. The van der Waals surface area contributed by atoms with E-state index in [1.54, 1.807) is 0 Å². The Morgan fingerprint density at radius 1 is 1.27 bits per heavy atom. The highest BCUT2D eigenvalue weighted by Crippen LogP contribution is 2.27. The van der Waals surface area contributed by atoms with E-state index < -0.39 is 0 Å². The molecule has 0 aromatic carbocycles. The Bertz CT molecular complexity index is 222. The molecule has 1 aliphatic heterocycles. The Morgan fingerprint density at radius 2 is 2.00 bits per heavy atom. The molecule has 1 unspecified atom stereocenters. The van der Waals surface area contributed by atoms with Crippen molar-refractivity contribution in [3.05, 3.63) is 0 Å². The number of rotatable bonds is 3. The summed E-state index contributed by atoms with van der Waals surface area (Å²) < 4.78 is 4.95. The Labute approximate surface area is 91.6 Å². The zero-order valence-electron chi connectivity index (χ0n) is 9.50. The first-order chi connectivity index (χ1) is 7.29. The summed E-state index contributed by atoms with van der Waals surface area (Å²) in [7, 11) is 0. The molecule has 0 radical (unpaired) electrons. The average Bonchev–Trinajstić information content (AvgIpc) is 2.66. The van der Waals surface area contributed by atoms with Crippen LogP contribution in [0.15, 0.2) is 0 Å². The van der Waals surface area contributed by atoms with Gasteiger partial charge < -0.3 is 10.1 Å². The van der Waals surface area contributed by atoms with Gasteiger partial charge in [-0.25, -0.2) is 0 Å². The largest absolute Gasteiger partial charge is 0.464 e. The monoisotopic (exact) mass is 211 g/mol. The zero-order valence-corrected chi connectivity index (χ0v) is 9.50. The van der Waals surface area contributed by atoms with Crippen molar-refractivity contribution < 1.29 is 9.53 Å². The molecule has 1 heterocycles. The molecule has 0 amide bonds. The normalized spacial score (nSPS) is 36.6. The van der Waals surface area contributed by atoms with E-state index in [1.807, 2.05) is 0 Å². The van der Waals surface area contributed by atoms with E-state index in [0.29, 0.717) is 12.6 Å². The molecule has 86 valence electrons. The van der Waals surface area contributed by atoms with Crippen LogP contribution in [0, 0.1) is 5.92 Å². The van der Waals surface area contributed by atoms with Crippen molar-refractivity contribution in [2.45, 2.75) is 57.5 Å². The number of ether oxygens (including phenoxy) is 1. The SMILES string of the molecule is CCC1CCC(NC2CCOC2=O)CC1. The van der Waals surface area contributed by atoms with Crippen molar-refractivity contribution in [3.63, 3.8) is 0 Å². The maximum absolute atomic E-state index is 11.3. The van der Waals surface area contributed by atoms with Gasteiger partial charge in [0.2, 0.25) is 0 Å². The molecule has 1 saturated carbocycles. The van der Waals surface area contributed by atoms with Crippen molar-refractivity contribution in [3.8, 4) is 0 Å². The van der Waals surface area contributed by atoms with Crippen LogP contribution in [0.1, 0.15) is 45.4 Å². The molecule has 0 bridgehead atoms. The second kappa shape index (κ2) is 4.97. The molecular weight excluding hydrogens is 190 g/mol. The van der Waals surface area contributed by atoms with E-state index in [9.17, 15) is 4.79 Å². The lowest BCUT2D eigenvalue weighted by molar-refractivity contribution is -0.139. The van der Waals surface area contributed by atoms with Gasteiger partial charge >= 0.3 is 5.97 Å². The molecule has 1 aliphatic carbocycles. The highest BCUT2D eigenvalue weighted by atomic mass is 16.5. The summed E-state index contributed by atoms with van der Waals surface area (Å²) in [6, 6.07) is 0.525. The first-order valence-electron chi connectivity index (χ1n) is 6.22. The number of carbonyl (C=O) groups excluding carboxylic acids is 1. The third-order valence-corrected chi connectivity index (χ3v) is 3.80. The summed E-state index contributed by atoms with van der Waals surface area (Å²) >= 11 is 0. The van der Waals surface area contributed by atoms with E-state index in [0.717, 1.165) is 12.3 Å². The number of esters is 1. The van der Waals surface area contributed by atoms with Gasteiger partial charge in [-0.15, -0.1) is 0 Å². The van der Waals surface area contributed by atoms with E-state index in [2.05, 4.69) is 12.2 Å². The van der Waals surface area contributed by atoms with Crippen LogP contribution >= 0.6 is 0 Å². The summed E-state index contributed by atoms with van der Waals surface area (Å²) in [4.78, 5) is 11.3. The lowest BCUT2D eigenvalue weighted by Crippen LogP contribution is -2.42. The molecule has 0 spiro atoms. The highest BCUT2D eigenvalue weighted by Gasteiger charge is 2.30. The molecule has 1 N–H and O–H groups in total.